The fraction of sp³-hybridized carbons (Fsp3) is 0.286. The zero-order valence-electron chi connectivity index (χ0n) is 10.8. The van der Waals surface area contributed by atoms with Gasteiger partial charge in [-0.3, -0.25) is 9.59 Å². The van der Waals surface area contributed by atoms with Crippen molar-refractivity contribution >= 4 is 33.4 Å². The predicted octanol–water partition coefficient (Wildman–Crippen LogP) is 3.28. The maximum absolute atomic E-state index is 12.1. The number of nitrogens with zero attached hydrogens (tertiary/aromatic N) is 1. The van der Waals surface area contributed by atoms with Gasteiger partial charge in [-0.15, -0.1) is 0 Å². The number of amides is 2. The van der Waals surface area contributed by atoms with Crippen molar-refractivity contribution in [1.29, 1.82) is 0 Å². The lowest BCUT2D eigenvalue weighted by Crippen LogP contribution is -2.32. The number of imide groups is 1. The molecule has 3 nitrogen and oxygen atoms in total. The first-order chi connectivity index (χ1) is 8.34. The van der Waals surface area contributed by atoms with Crippen molar-refractivity contribution in [2.24, 2.45) is 0 Å². The summed E-state index contributed by atoms with van der Waals surface area (Å²) in [5, 5.41) is 0. The predicted molar refractivity (Wildman–Crippen MR) is 74.5 cm³/mol. The number of rotatable bonds is 1. The lowest BCUT2D eigenvalue weighted by molar-refractivity contribution is -0.120. The summed E-state index contributed by atoms with van der Waals surface area (Å²) in [7, 11) is 0. The molecule has 18 heavy (non-hydrogen) atoms. The standard InChI is InChI=1S/C14H14BrNO2/c1-7-5-8(2)12(11(15)6-7)16-13(17)9(3)10(4)14(16)18/h5-6H,1-4H3. The molecule has 4 heteroatoms. The zero-order chi connectivity index (χ0) is 13.6. The summed E-state index contributed by atoms with van der Waals surface area (Å²) in [6.07, 6.45) is 0. The van der Waals surface area contributed by atoms with E-state index in [0.29, 0.717) is 16.8 Å². The molecule has 0 atom stereocenters. The van der Waals surface area contributed by atoms with Crippen LogP contribution in [0.3, 0.4) is 0 Å². The van der Waals surface area contributed by atoms with Crippen molar-refractivity contribution in [2.45, 2.75) is 27.7 Å². The Hall–Kier alpha value is -1.42. The Bertz CT molecular complexity index is 555. The Labute approximate surface area is 115 Å². The maximum atomic E-state index is 12.1. The quantitative estimate of drug-likeness (QED) is 0.747. The van der Waals surface area contributed by atoms with E-state index in [2.05, 4.69) is 15.9 Å². The summed E-state index contributed by atoms with van der Waals surface area (Å²) in [5.41, 5.74) is 3.68. The lowest BCUT2D eigenvalue weighted by atomic mass is 10.1. The van der Waals surface area contributed by atoms with Crippen LogP contribution >= 0.6 is 15.9 Å². The fourth-order valence-corrected chi connectivity index (χ4v) is 2.99. The number of hydrogen-bond donors (Lipinski definition) is 0. The number of carbonyl (C=O) groups excluding carboxylic acids is 2. The van der Waals surface area contributed by atoms with E-state index < -0.39 is 0 Å². The van der Waals surface area contributed by atoms with Crippen molar-refractivity contribution in [3.8, 4) is 0 Å². The Kier molecular flexibility index (Phi) is 3.15. The number of anilines is 1. The van der Waals surface area contributed by atoms with E-state index in [1.807, 2.05) is 26.0 Å². The molecule has 0 radical (unpaired) electrons. The first kappa shape index (κ1) is 13.0. The van der Waals surface area contributed by atoms with Gasteiger partial charge < -0.3 is 0 Å². The highest BCUT2D eigenvalue weighted by atomic mass is 79.9. The van der Waals surface area contributed by atoms with Crippen LogP contribution in [0.5, 0.6) is 0 Å². The largest absolute Gasteiger partial charge is 0.269 e. The second-order valence-electron chi connectivity index (χ2n) is 4.61. The summed E-state index contributed by atoms with van der Waals surface area (Å²) < 4.78 is 0.768. The monoisotopic (exact) mass is 307 g/mol. The summed E-state index contributed by atoms with van der Waals surface area (Å²) in [5.74, 6) is -0.463. The molecular weight excluding hydrogens is 294 g/mol. The first-order valence-electron chi connectivity index (χ1n) is 5.67. The molecule has 1 heterocycles. The molecule has 1 aliphatic rings. The van der Waals surface area contributed by atoms with E-state index in [-0.39, 0.29) is 11.8 Å². The molecule has 0 spiro atoms. The van der Waals surface area contributed by atoms with Gasteiger partial charge in [0.15, 0.2) is 0 Å². The van der Waals surface area contributed by atoms with Gasteiger partial charge in [0.25, 0.3) is 11.8 Å². The smallest absolute Gasteiger partial charge is 0.261 e. The SMILES string of the molecule is CC1=C(C)C(=O)N(c2c(C)cc(C)cc2Br)C1=O. The average Bonchev–Trinajstić information content (AvgIpc) is 2.45. The van der Waals surface area contributed by atoms with E-state index in [9.17, 15) is 9.59 Å². The minimum absolute atomic E-state index is 0.231. The van der Waals surface area contributed by atoms with Gasteiger partial charge in [0.2, 0.25) is 0 Å². The summed E-state index contributed by atoms with van der Waals surface area (Å²) in [6.45, 7) is 7.25. The van der Waals surface area contributed by atoms with Crippen molar-refractivity contribution in [3.05, 3.63) is 38.9 Å². The fourth-order valence-electron chi connectivity index (χ4n) is 2.14. The van der Waals surface area contributed by atoms with E-state index in [4.69, 9.17) is 0 Å². The van der Waals surface area contributed by atoms with Crippen LogP contribution in [0.2, 0.25) is 0 Å². The van der Waals surface area contributed by atoms with Crippen LogP contribution in [-0.2, 0) is 9.59 Å². The zero-order valence-corrected chi connectivity index (χ0v) is 12.4. The van der Waals surface area contributed by atoms with Crippen LogP contribution in [0.1, 0.15) is 25.0 Å². The molecule has 0 aliphatic carbocycles. The third-order valence-corrected chi connectivity index (χ3v) is 3.84. The topological polar surface area (TPSA) is 37.4 Å². The molecule has 1 aliphatic heterocycles. The third kappa shape index (κ3) is 1.81. The first-order valence-corrected chi connectivity index (χ1v) is 6.47. The van der Waals surface area contributed by atoms with Crippen LogP contribution in [0.15, 0.2) is 27.8 Å². The van der Waals surface area contributed by atoms with Gasteiger partial charge in [0.05, 0.1) is 5.69 Å². The number of aryl methyl sites for hydroxylation is 2. The van der Waals surface area contributed by atoms with Gasteiger partial charge in [-0.05, 0) is 60.8 Å². The summed E-state index contributed by atoms with van der Waals surface area (Å²) in [6, 6.07) is 3.87. The van der Waals surface area contributed by atoms with Crippen molar-refractivity contribution < 1.29 is 9.59 Å². The number of halogens is 1. The summed E-state index contributed by atoms with van der Waals surface area (Å²) >= 11 is 3.44. The summed E-state index contributed by atoms with van der Waals surface area (Å²) in [4.78, 5) is 25.5. The molecule has 0 fully saturated rings. The van der Waals surface area contributed by atoms with E-state index in [1.165, 1.54) is 4.90 Å². The second-order valence-corrected chi connectivity index (χ2v) is 5.46. The number of carbonyl (C=O) groups is 2. The molecule has 0 aromatic heterocycles. The second kappa shape index (κ2) is 4.35. The molecule has 0 saturated carbocycles. The molecule has 0 unspecified atom stereocenters. The number of benzene rings is 1. The molecule has 2 amide bonds. The van der Waals surface area contributed by atoms with Gasteiger partial charge in [-0.2, -0.15) is 0 Å². The lowest BCUT2D eigenvalue weighted by Gasteiger charge is -2.19. The van der Waals surface area contributed by atoms with Gasteiger partial charge in [0.1, 0.15) is 0 Å². The average molecular weight is 308 g/mol. The number of hydrogen-bond acceptors (Lipinski definition) is 2. The molecular formula is C14H14BrNO2. The van der Waals surface area contributed by atoms with Crippen molar-refractivity contribution in [2.75, 3.05) is 4.90 Å². The highest BCUT2D eigenvalue weighted by molar-refractivity contribution is 9.10. The molecule has 2 rings (SSSR count). The van der Waals surface area contributed by atoms with Crippen LogP contribution in [-0.4, -0.2) is 11.8 Å². The van der Waals surface area contributed by atoms with Crippen LogP contribution in [0, 0.1) is 13.8 Å². The minimum Gasteiger partial charge on any atom is -0.269 e. The van der Waals surface area contributed by atoms with Crippen LogP contribution < -0.4 is 4.90 Å². The van der Waals surface area contributed by atoms with Crippen molar-refractivity contribution in [3.63, 3.8) is 0 Å². The molecule has 94 valence electrons. The van der Waals surface area contributed by atoms with Crippen LogP contribution in [0.4, 0.5) is 5.69 Å². The highest BCUT2D eigenvalue weighted by Crippen LogP contribution is 2.35. The minimum atomic E-state index is -0.231. The van der Waals surface area contributed by atoms with Gasteiger partial charge in [0, 0.05) is 15.6 Å². The van der Waals surface area contributed by atoms with E-state index >= 15 is 0 Å². The normalized spacial score (nSPS) is 15.9. The molecule has 1 aromatic carbocycles. The van der Waals surface area contributed by atoms with Gasteiger partial charge in [-0.1, -0.05) is 6.07 Å². The molecule has 0 saturated heterocycles. The van der Waals surface area contributed by atoms with Gasteiger partial charge in [-0.25, -0.2) is 4.90 Å². The highest BCUT2D eigenvalue weighted by Gasteiger charge is 2.36. The van der Waals surface area contributed by atoms with Crippen LogP contribution in [0.25, 0.3) is 0 Å². The Morgan fingerprint density at radius 3 is 1.89 bits per heavy atom. The maximum Gasteiger partial charge on any atom is 0.261 e. The third-order valence-electron chi connectivity index (χ3n) is 3.23. The Balaban J connectivity index is 2.60. The molecule has 1 aromatic rings. The Morgan fingerprint density at radius 2 is 1.44 bits per heavy atom. The van der Waals surface area contributed by atoms with Crippen molar-refractivity contribution in [1.82, 2.24) is 0 Å². The van der Waals surface area contributed by atoms with E-state index in [1.54, 1.807) is 13.8 Å². The van der Waals surface area contributed by atoms with Gasteiger partial charge >= 0.3 is 0 Å². The Morgan fingerprint density at radius 1 is 0.944 bits per heavy atom. The molecule has 0 bridgehead atoms. The molecule has 0 N–H and O–H groups in total. The van der Waals surface area contributed by atoms with E-state index in [0.717, 1.165) is 15.6 Å².